The summed E-state index contributed by atoms with van der Waals surface area (Å²) in [5.41, 5.74) is 0.485. The third-order valence-corrected chi connectivity index (χ3v) is 7.42. The fourth-order valence-corrected chi connectivity index (χ4v) is 5.56. The van der Waals surface area contributed by atoms with Gasteiger partial charge in [0.15, 0.2) is 16.6 Å². The van der Waals surface area contributed by atoms with E-state index in [4.69, 9.17) is 18.9 Å². The van der Waals surface area contributed by atoms with Gasteiger partial charge in [0.25, 0.3) is 5.91 Å². The van der Waals surface area contributed by atoms with Crippen molar-refractivity contribution in [2.45, 2.75) is 6.42 Å². The Morgan fingerprint density at radius 1 is 0.974 bits per heavy atom. The number of rotatable bonds is 6. The number of hydrogen-bond donors (Lipinski definition) is 0. The SMILES string of the molecule is CN(C)CCCN(C(=O)c1cc2c(ccc3ccccc32)oc1=O)c1nc2cc3c(cc2s1)OCCO3.Cl. The monoisotopic (exact) mass is 551 g/mol. The molecule has 5 aromatic rings. The molecule has 0 spiro atoms. The van der Waals surface area contributed by atoms with Gasteiger partial charge in [-0.05, 0) is 50.0 Å². The highest BCUT2D eigenvalue weighted by atomic mass is 35.5. The van der Waals surface area contributed by atoms with Crippen molar-refractivity contribution in [2.24, 2.45) is 0 Å². The normalized spacial score (nSPS) is 12.7. The summed E-state index contributed by atoms with van der Waals surface area (Å²) in [5, 5.41) is 3.16. The highest BCUT2D eigenvalue weighted by Crippen LogP contribution is 2.39. The summed E-state index contributed by atoms with van der Waals surface area (Å²) in [7, 11) is 3.97. The zero-order chi connectivity index (χ0) is 25.5. The molecule has 196 valence electrons. The predicted octanol–water partition coefficient (Wildman–Crippen LogP) is 5.35. The molecular formula is C28H26ClN3O5S. The summed E-state index contributed by atoms with van der Waals surface area (Å²) in [6.45, 7) is 2.15. The van der Waals surface area contributed by atoms with Crippen molar-refractivity contribution in [3.8, 4) is 11.5 Å². The van der Waals surface area contributed by atoms with Crippen LogP contribution in [0.15, 0.2) is 63.8 Å². The van der Waals surface area contributed by atoms with Crippen LogP contribution in [0.3, 0.4) is 0 Å². The number of thiazole rings is 1. The van der Waals surface area contributed by atoms with E-state index in [0.29, 0.717) is 53.9 Å². The number of ether oxygens (including phenoxy) is 2. The summed E-state index contributed by atoms with van der Waals surface area (Å²) >= 11 is 1.38. The molecule has 0 saturated carbocycles. The number of carbonyl (C=O) groups is 1. The van der Waals surface area contributed by atoms with Crippen LogP contribution in [0.1, 0.15) is 16.8 Å². The summed E-state index contributed by atoms with van der Waals surface area (Å²) in [5.74, 6) is 0.878. The van der Waals surface area contributed by atoms with Crippen LogP contribution < -0.4 is 20.0 Å². The van der Waals surface area contributed by atoms with E-state index in [9.17, 15) is 9.59 Å². The second-order valence-electron chi connectivity index (χ2n) is 9.22. The number of halogens is 1. The van der Waals surface area contributed by atoms with Crippen LogP contribution in [0.25, 0.3) is 32.0 Å². The molecule has 10 heteroatoms. The lowest BCUT2D eigenvalue weighted by atomic mass is 10.0. The van der Waals surface area contributed by atoms with Crippen LogP contribution in [0.5, 0.6) is 11.5 Å². The van der Waals surface area contributed by atoms with Crippen LogP contribution in [0.2, 0.25) is 0 Å². The number of anilines is 1. The molecule has 0 atom stereocenters. The lowest BCUT2D eigenvalue weighted by molar-refractivity contribution is 0.0982. The van der Waals surface area contributed by atoms with Gasteiger partial charge in [0.1, 0.15) is 24.4 Å². The molecule has 0 aliphatic carbocycles. The molecule has 8 nitrogen and oxygen atoms in total. The first-order chi connectivity index (χ1) is 18.0. The number of carbonyl (C=O) groups excluding carboxylic acids is 1. The maximum Gasteiger partial charge on any atom is 0.349 e. The predicted molar refractivity (Wildman–Crippen MR) is 153 cm³/mol. The molecule has 1 aliphatic heterocycles. The molecule has 0 saturated heterocycles. The van der Waals surface area contributed by atoms with Crippen molar-refractivity contribution in [3.63, 3.8) is 0 Å². The van der Waals surface area contributed by atoms with Crippen molar-refractivity contribution in [3.05, 3.63) is 70.6 Å². The number of aromatic nitrogens is 1. The molecule has 6 rings (SSSR count). The Labute approximate surface area is 228 Å². The maximum absolute atomic E-state index is 13.9. The number of nitrogens with zero attached hydrogens (tertiary/aromatic N) is 3. The smallest absolute Gasteiger partial charge is 0.349 e. The number of benzene rings is 3. The van der Waals surface area contributed by atoms with Gasteiger partial charge in [-0.25, -0.2) is 9.78 Å². The quantitative estimate of drug-likeness (QED) is 0.208. The lowest BCUT2D eigenvalue weighted by Crippen LogP contribution is -2.36. The summed E-state index contributed by atoms with van der Waals surface area (Å²) < 4.78 is 17.9. The molecule has 0 unspecified atom stereocenters. The minimum atomic E-state index is -0.663. The van der Waals surface area contributed by atoms with Crippen LogP contribution in [-0.4, -0.2) is 56.2 Å². The molecular weight excluding hydrogens is 526 g/mol. The third-order valence-electron chi connectivity index (χ3n) is 6.38. The highest BCUT2D eigenvalue weighted by molar-refractivity contribution is 7.22. The molecule has 2 aromatic heterocycles. The topological polar surface area (TPSA) is 85.1 Å². The number of fused-ring (bicyclic) bond motifs is 5. The van der Waals surface area contributed by atoms with E-state index in [1.165, 1.54) is 11.3 Å². The third kappa shape index (κ3) is 4.80. The van der Waals surface area contributed by atoms with Gasteiger partial charge in [-0.2, -0.15) is 0 Å². The van der Waals surface area contributed by atoms with Crippen molar-refractivity contribution in [1.29, 1.82) is 0 Å². The van der Waals surface area contributed by atoms with Crippen molar-refractivity contribution >= 4 is 66.7 Å². The second kappa shape index (κ2) is 10.6. The second-order valence-corrected chi connectivity index (χ2v) is 10.2. The Balaban J connectivity index is 0.00000294. The molecule has 1 amide bonds. The molecule has 0 fully saturated rings. The average Bonchev–Trinajstić information content (AvgIpc) is 3.31. The van der Waals surface area contributed by atoms with E-state index >= 15 is 0 Å². The van der Waals surface area contributed by atoms with Gasteiger partial charge in [0, 0.05) is 24.1 Å². The van der Waals surface area contributed by atoms with Crippen molar-refractivity contribution < 1.29 is 18.7 Å². The van der Waals surface area contributed by atoms with Gasteiger partial charge in [0.05, 0.1) is 10.2 Å². The van der Waals surface area contributed by atoms with E-state index in [0.717, 1.165) is 27.4 Å². The van der Waals surface area contributed by atoms with Crippen LogP contribution >= 0.6 is 23.7 Å². The van der Waals surface area contributed by atoms with Gasteiger partial charge in [-0.3, -0.25) is 9.69 Å². The highest BCUT2D eigenvalue weighted by Gasteiger charge is 2.26. The number of amides is 1. The Morgan fingerprint density at radius 3 is 2.53 bits per heavy atom. The van der Waals surface area contributed by atoms with E-state index in [1.54, 1.807) is 17.0 Å². The first kappa shape index (κ1) is 26.0. The summed E-state index contributed by atoms with van der Waals surface area (Å²) in [6.07, 6.45) is 0.708. The van der Waals surface area contributed by atoms with Gasteiger partial charge in [-0.15, -0.1) is 12.4 Å². The largest absolute Gasteiger partial charge is 0.486 e. The molecule has 3 heterocycles. The van der Waals surface area contributed by atoms with E-state index in [1.807, 2.05) is 56.6 Å². The Bertz CT molecular complexity index is 1670. The maximum atomic E-state index is 13.9. The first-order valence-electron chi connectivity index (χ1n) is 12.1. The summed E-state index contributed by atoms with van der Waals surface area (Å²) in [4.78, 5) is 35.3. The average molecular weight is 552 g/mol. The Hall–Kier alpha value is -3.66. The van der Waals surface area contributed by atoms with Crippen LogP contribution in [0, 0.1) is 0 Å². The van der Waals surface area contributed by atoms with Gasteiger partial charge >= 0.3 is 5.63 Å². The number of hydrogen-bond acceptors (Lipinski definition) is 8. The van der Waals surface area contributed by atoms with E-state index in [-0.39, 0.29) is 18.0 Å². The minimum Gasteiger partial charge on any atom is -0.486 e. The zero-order valence-corrected chi connectivity index (χ0v) is 22.6. The van der Waals surface area contributed by atoms with Crippen molar-refractivity contribution in [2.75, 3.05) is 45.3 Å². The van der Waals surface area contributed by atoms with Crippen molar-refractivity contribution in [1.82, 2.24) is 9.88 Å². The summed E-state index contributed by atoms with van der Waals surface area (Å²) in [6, 6.07) is 16.9. The molecule has 0 bridgehead atoms. The zero-order valence-electron chi connectivity index (χ0n) is 20.9. The molecule has 0 radical (unpaired) electrons. The minimum absolute atomic E-state index is 0. The van der Waals surface area contributed by atoms with Crippen LogP contribution in [0.4, 0.5) is 5.13 Å². The van der Waals surface area contributed by atoms with Gasteiger partial charge in [-0.1, -0.05) is 41.7 Å². The standard InChI is InChI=1S/C28H25N3O5S.ClH/c1-30(2)10-5-11-31(28-29-21-15-23-24(16-25(21)37-28)35-13-12-34-23)26(32)20-14-19-18-7-4-3-6-17(18)8-9-22(19)36-27(20)33;/h3-4,6-9,14-16H,5,10-13H2,1-2H3;1H. The fourth-order valence-electron chi connectivity index (χ4n) is 4.56. The molecule has 3 aromatic carbocycles. The fraction of sp³-hybridized carbons (Fsp3) is 0.250. The van der Waals surface area contributed by atoms with Crippen LogP contribution in [-0.2, 0) is 0 Å². The van der Waals surface area contributed by atoms with Gasteiger partial charge in [0.2, 0.25) is 0 Å². The molecule has 0 N–H and O–H groups in total. The Kier molecular flexibility index (Phi) is 7.25. The first-order valence-corrected chi connectivity index (χ1v) is 12.9. The van der Waals surface area contributed by atoms with E-state index in [2.05, 4.69) is 4.90 Å². The van der Waals surface area contributed by atoms with E-state index < -0.39 is 11.5 Å². The Morgan fingerprint density at radius 2 is 1.74 bits per heavy atom. The molecule has 1 aliphatic rings. The van der Waals surface area contributed by atoms with Gasteiger partial charge < -0.3 is 18.8 Å². The molecule has 38 heavy (non-hydrogen) atoms. The lowest BCUT2D eigenvalue weighted by Gasteiger charge is -2.20.